The predicted molar refractivity (Wildman–Crippen MR) is 111 cm³/mol. The molecule has 25 heavy (non-hydrogen) atoms. The molecule has 0 aliphatic heterocycles. The number of ether oxygens (including phenoxy) is 1. The molecular weight excluding hydrogens is 431 g/mol. The highest BCUT2D eigenvalue weighted by molar-refractivity contribution is 14.0. The fourth-order valence-corrected chi connectivity index (χ4v) is 2.17. The molecule has 3 aromatic rings. The van der Waals surface area contributed by atoms with Gasteiger partial charge in [0.15, 0.2) is 0 Å². The van der Waals surface area contributed by atoms with Crippen molar-refractivity contribution >= 4 is 47.1 Å². The van der Waals surface area contributed by atoms with Crippen molar-refractivity contribution in [2.75, 3.05) is 7.11 Å². The Morgan fingerprint density at radius 1 is 1.20 bits per heavy atom. The number of nitrogens with one attached hydrogen (secondary N) is 1. The van der Waals surface area contributed by atoms with Gasteiger partial charge in [-0.05, 0) is 29.8 Å². The van der Waals surface area contributed by atoms with Gasteiger partial charge in [0.05, 0.1) is 19.9 Å². The van der Waals surface area contributed by atoms with Crippen molar-refractivity contribution in [2.45, 2.75) is 6.54 Å². The number of para-hydroxylation sites is 1. The Morgan fingerprint density at radius 3 is 2.68 bits per heavy atom. The summed E-state index contributed by atoms with van der Waals surface area (Å²) in [5.74, 6) is 1.69. The maximum atomic E-state index is 5.79. The van der Waals surface area contributed by atoms with Crippen LogP contribution in [0.3, 0.4) is 0 Å². The summed E-state index contributed by atoms with van der Waals surface area (Å²) in [7, 11) is 1.63. The standard InChI is InChI=1S/C18H18N4O2.HI/c1-23-15-8-6-13(7-9-15)11-20-18(19)22-21-12-16-10-14-4-2-3-5-17(14)24-16;/h2-10,12H,11H2,1H3,(H3,19,20,22);1H. The first kappa shape index (κ1) is 18.8. The van der Waals surface area contributed by atoms with Gasteiger partial charge in [0.25, 0.3) is 0 Å². The van der Waals surface area contributed by atoms with Crippen molar-refractivity contribution in [3.8, 4) is 5.75 Å². The van der Waals surface area contributed by atoms with Crippen LogP contribution < -0.4 is 15.9 Å². The molecule has 0 radical (unpaired) electrons. The minimum Gasteiger partial charge on any atom is -0.497 e. The van der Waals surface area contributed by atoms with Crippen molar-refractivity contribution in [2.24, 2.45) is 15.8 Å². The van der Waals surface area contributed by atoms with E-state index < -0.39 is 0 Å². The van der Waals surface area contributed by atoms with Gasteiger partial charge in [-0.25, -0.2) is 10.4 Å². The molecule has 130 valence electrons. The molecule has 6 nitrogen and oxygen atoms in total. The monoisotopic (exact) mass is 450 g/mol. The van der Waals surface area contributed by atoms with Gasteiger partial charge in [-0.2, -0.15) is 5.10 Å². The van der Waals surface area contributed by atoms with Crippen molar-refractivity contribution in [1.29, 1.82) is 0 Å². The van der Waals surface area contributed by atoms with Gasteiger partial charge in [-0.1, -0.05) is 30.3 Å². The Balaban J connectivity index is 0.00000225. The lowest BCUT2D eigenvalue weighted by Crippen LogP contribution is -2.27. The number of methoxy groups -OCH3 is 1. The summed E-state index contributed by atoms with van der Waals surface area (Å²) >= 11 is 0. The Hall–Kier alpha value is -2.55. The summed E-state index contributed by atoms with van der Waals surface area (Å²) in [5.41, 5.74) is 10.3. The number of furan rings is 1. The van der Waals surface area contributed by atoms with Gasteiger partial charge in [0.2, 0.25) is 5.96 Å². The van der Waals surface area contributed by atoms with Gasteiger partial charge in [0, 0.05) is 5.39 Å². The van der Waals surface area contributed by atoms with E-state index in [4.69, 9.17) is 14.9 Å². The Kier molecular flexibility index (Phi) is 6.81. The number of benzene rings is 2. The van der Waals surface area contributed by atoms with Gasteiger partial charge < -0.3 is 14.9 Å². The number of aliphatic imine (C=N–C) groups is 1. The number of fused-ring (bicyclic) bond motifs is 1. The highest BCUT2D eigenvalue weighted by Crippen LogP contribution is 2.17. The maximum Gasteiger partial charge on any atom is 0.209 e. The van der Waals surface area contributed by atoms with Gasteiger partial charge in [0.1, 0.15) is 17.1 Å². The Morgan fingerprint density at radius 2 is 1.96 bits per heavy atom. The van der Waals surface area contributed by atoms with E-state index in [1.807, 2.05) is 54.6 Å². The number of guanidine groups is 1. The molecule has 0 saturated heterocycles. The molecule has 1 heterocycles. The lowest BCUT2D eigenvalue weighted by molar-refractivity contribution is 0.414. The highest BCUT2D eigenvalue weighted by atomic mass is 127. The second kappa shape index (κ2) is 9.07. The lowest BCUT2D eigenvalue weighted by Gasteiger charge is -2.02. The van der Waals surface area contributed by atoms with Crippen LogP contribution in [0, 0.1) is 0 Å². The van der Waals surface area contributed by atoms with E-state index >= 15 is 0 Å². The van der Waals surface area contributed by atoms with E-state index in [9.17, 15) is 0 Å². The molecular formula is C18H19IN4O2. The molecule has 0 atom stereocenters. The molecule has 2 aromatic carbocycles. The van der Waals surface area contributed by atoms with Crippen LogP contribution in [-0.2, 0) is 6.54 Å². The van der Waals surface area contributed by atoms with E-state index in [0.29, 0.717) is 12.3 Å². The summed E-state index contributed by atoms with van der Waals surface area (Å²) in [5, 5.41) is 5.06. The fourth-order valence-electron chi connectivity index (χ4n) is 2.17. The molecule has 0 aliphatic rings. The fraction of sp³-hybridized carbons (Fsp3) is 0.111. The number of nitrogens with zero attached hydrogens (tertiary/aromatic N) is 2. The van der Waals surface area contributed by atoms with Crippen LogP contribution in [0.2, 0.25) is 0 Å². The predicted octanol–water partition coefficient (Wildman–Crippen LogP) is 3.50. The van der Waals surface area contributed by atoms with Crippen molar-refractivity contribution in [3.63, 3.8) is 0 Å². The largest absolute Gasteiger partial charge is 0.497 e. The van der Waals surface area contributed by atoms with Crippen molar-refractivity contribution in [1.82, 2.24) is 5.43 Å². The maximum absolute atomic E-state index is 5.79. The van der Waals surface area contributed by atoms with Gasteiger partial charge >= 0.3 is 0 Å². The van der Waals surface area contributed by atoms with Crippen LogP contribution in [0.25, 0.3) is 11.0 Å². The van der Waals surface area contributed by atoms with Crippen LogP contribution in [0.15, 0.2) is 69.1 Å². The van der Waals surface area contributed by atoms with E-state index in [2.05, 4.69) is 15.5 Å². The minimum atomic E-state index is 0. The normalized spacial score (nSPS) is 11.5. The summed E-state index contributed by atoms with van der Waals surface area (Å²) < 4.78 is 10.7. The molecule has 0 fully saturated rings. The average Bonchev–Trinajstić information content (AvgIpc) is 3.03. The molecule has 0 aliphatic carbocycles. The molecule has 7 heteroatoms. The summed E-state index contributed by atoms with van der Waals surface area (Å²) in [4.78, 5) is 4.22. The van der Waals surface area contributed by atoms with Crippen LogP contribution in [0.4, 0.5) is 0 Å². The molecule has 0 amide bonds. The smallest absolute Gasteiger partial charge is 0.209 e. The number of hydrogen-bond donors (Lipinski definition) is 2. The van der Waals surface area contributed by atoms with E-state index in [1.165, 1.54) is 0 Å². The molecule has 0 saturated carbocycles. The zero-order chi connectivity index (χ0) is 16.8. The molecule has 1 aromatic heterocycles. The highest BCUT2D eigenvalue weighted by Gasteiger charge is 2.00. The topological polar surface area (TPSA) is 85.1 Å². The summed E-state index contributed by atoms with van der Waals surface area (Å²) in [6.45, 7) is 0.461. The number of rotatable bonds is 5. The molecule has 3 N–H and O–H groups in total. The third-order valence-corrected chi connectivity index (χ3v) is 3.41. The first-order valence-electron chi connectivity index (χ1n) is 7.45. The lowest BCUT2D eigenvalue weighted by atomic mass is 10.2. The summed E-state index contributed by atoms with van der Waals surface area (Å²) in [6.07, 6.45) is 1.57. The van der Waals surface area contributed by atoms with Crippen molar-refractivity contribution < 1.29 is 9.15 Å². The van der Waals surface area contributed by atoms with E-state index in [-0.39, 0.29) is 29.9 Å². The Labute approximate surface area is 162 Å². The van der Waals surface area contributed by atoms with Crippen LogP contribution in [0.5, 0.6) is 5.75 Å². The number of hydrazone groups is 1. The molecule has 0 unspecified atom stereocenters. The van der Waals surface area contributed by atoms with E-state index in [0.717, 1.165) is 22.3 Å². The minimum absolute atomic E-state index is 0. The third kappa shape index (κ3) is 5.21. The second-order valence-corrected chi connectivity index (χ2v) is 5.11. The summed E-state index contributed by atoms with van der Waals surface area (Å²) in [6, 6.07) is 17.3. The third-order valence-electron chi connectivity index (χ3n) is 3.41. The van der Waals surface area contributed by atoms with Crippen LogP contribution in [0.1, 0.15) is 11.3 Å². The first-order valence-corrected chi connectivity index (χ1v) is 7.45. The van der Waals surface area contributed by atoms with Crippen LogP contribution >= 0.6 is 24.0 Å². The first-order chi connectivity index (χ1) is 11.7. The Bertz CT molecular complexity index is 839. The average molecular weight is 450 g/mol. The quantitative estimate of drug-likeness (QED) is 0.270. The van der Waals surface area contributed by atoms with Crippen LogP contribution in [-0.4, -0.2) is 19.3 Å². The second-order valence-electron chi connectivity index (χ2n) is 5.11. The van der Waals surface area contributed by atoms with Crippen molar-refractivity contribution in [3.05, 3.63) is 65.9 Å². The van der Waals surface area contributed by atoms with Gasteiger partial charge in [-0.15, -0.1) is 24.0 Å². The van der Waals surface area contributed by atoms with Gasteiger partial charge in [-0.3, -0.25) is 0 Å². The molecule has 3 rings (SSSR count). The van der Waals surface area contributed by atoms with E-state index in [1.54, 1.807) is 13.3 Å². The number of hydrogen-bond acceptors (Lipinski definition) is 4. The zero-order valence-electron chi connectivity index (χ0n) is 13.7. The zero-order valence-corrected chi connectivity index (χ0v) is 16.0. The number of nitrogens with two attached hydrogens (primary N) is 1. The molecule has 0 bridgehead atoms. The number of halogens is 1. The SMILES string of the molecule is COc1ccc(CN=C(N)NN=Cc2cc3ccccc3o2)cc1.I. The molecule has 0 spiro atoms.